The van der Waals surface area contributed by atoms with Crippen LogP contribution in [0.3, 0.4) is 0 Å². The lowest BCUT2D eigenvalue weighted by Gasteiger charge is -2.27. The van der Waals surface area contributed by atoms with Crippen LogP contribution in [0.25, 0.3) is 10.9 Å². The molecule has 1 unspecified atom stereocenters. The number of fused-ring (bicyclic) bond motifs is 3. The summed E-state index contributed by atoms with van der Waals surface area (Å²) in [5.41, 5.74) is 4.03. The van der Waals surface area contributed by atoms with Gasteiger partial charge in [0.15, 0.2) is 0 Å². The zero-order chi connectivity index (χ0) is 19.6. The Bertz CT molecular complexity index is 1010. The Hall–Kier alpha value is -2.90. The molecular weight excluding hydrogens is 368 g/mol. The number of benzene rings is 2. The first-order valence-electron chi connectivity index (χ1n) is 10.1. The van der Waals surface area contributed by atoms with Crippen LogP contribution in [0.4, 0.5) is 5.69 Å². The van der Waals surface area contributed by atoms with E-state index in [0.717, 1.165) is 66.3 Å². The van der Waals surface area contributed by atoms with E-state index in [4.69, 9.17) is 9.47 Å². The largest absolute Gasteiger partial charge is 0.492 e. The molecular formula is C22H24N4O3. The van der Waals surface area contributed by atoms with E-state index in [0.29, 0.717) is 13.0 Å². The fourth-order valence-corrected chi connectivity index (χ4v) is 4.16. The highest BCUT2D eigenvalue weighted by molar-refractivity contribution is 6.05. The summed E-state index contributed by atoms with van der Waals surface area (Å²) in [4.78, 5) is 14.7. The second-order valence-corrected chi connectivity index (χ2v) is 7.54. The zero-order valence-corrected chi connectivity index (χ0v) is 16.2. The molecule has 1 aromatic heterocycles. The average molecular weight is 392 g/mol. The maximum absolute atomic E-state index is 12.4. The van der Waals surface area contributed by atoms with E-state index in [2.05, 4.69) is 38.6 Å². The van der Waals surface area contributed by atoms with Crippen LogP contribution in [0.2, 0.25) is 0 Å². The third-order valence-corrected chi connectivity index (χ3v) is 5.75. The van der Waals surface area contributed by atoms with Crippen LogP contribution >= 0.6 is 0 Å². The summed E-state index contributed by atoms with van der Waals surface area (Å²) in [6.45, 7) is 5.10. The number of carbonyl (C=O) groups is 1. The van der Waals surface area contributed by atoms with Gasteiger partial charge in [-0.25, -0.2) is 0 Å². The number of amides is 1. The molecule has 0 saturated carbocycles. The monoisotopic (exact) mass is 392 g/mol. The minimum atomic E-state index is 0.0282. The number of aromatic amines is 1. The number of morpholine rings is 1. The molecule has 2 aromatic carbocycles. The molecule has 29 heavy (non-hydrogen) atoms. The molecule has 1 saturated heterocycles. The highest BCUT2D eigenvalue weighted by Crippen LogP contribution is 2.40. The molecule has 0 bridgehead atoms. The molecule has 1 fully saturated rings. The van der Waals surface area contributed by atoms with Crippen LogP contribution in [0.1, 0.15) is 23.5 Å². The van der Waals surface area contributed by atoms with Gasteiger partial charge in [-0.1, -0.05) is 18.2 Å². The number of ether oxygens (including phenoxy) is 2. The van der Waals surface area contributed by atoms with Crippen LogP contribution in [0.15, 0.2) is 42.6 Å². The van der Waals surface area contributed by atoms with E-state index in [9.17, 15) is 4.79 Å². The summed E-state index contributed by atoms with van der Waals surface area (Å²) < 4.78 is 11.3. The second-order valence-electron chi connectivity index (χ2n) is 7.54. The van der Waals surface area contributed by atoms with E-state index in [1.54, 1.807) is 6.20 Å². The van der Waals surface area contributed by atoms with Crippen LogP contribution in [0, 0.1) is 0 Å². The normalized spacial score (nSPS) is 19.7. The van der Waals surface area contributed by atoms with Crippen molar-refractivity contribution in [1.29, 1.82) is 0 Å². The topological polar surface area (TPSA) is 79.5 Å². The first-order chi connectivity index (χ1) is 14.3. The van der Waals surface area contributed by atoms with E-state index in [-0.39, 0.29) is 11.8 Å². The van der Waals surface area contributed by atoms with Gasteiger partial charge < -0.3 is 14.8 Å². The third kappa shape index (κ3) is 3.71. The Balaban J connectivity index is 1.30. The molecule has 3 aromatic rings. The highest BCUT2D eigenvalue weighted by Gasteiger charge is 2.28. The summed E-state index contributed by atoms with van der Waals surface area (Å²) in [5.74, 6) is 0.912. The molecule has 1 amide bonds. The molecule has 0 aliphatic carbocycles. The lowest BCUT2D eigenvalue weighted by Crippen LogP contribution is -2.38. The van der Waals surface area contributed by atoms with Crippen molar-refractivity contribution >= 4 is 22.5 Å². The summed E-state index contributed by atoms with van der Waals surface area (Å²) in [7, 11) is 0. The molecule has 7 nitrogen and oxygen atoms in total. The van der Waals surface area contributed by atoms with Gasteiger partial charge in [0.2, 0.25) is 5.91 Å². The minimum absolute atomic E-state index is 0.0282. The van der Waals surface area contributed by atoms with Gasteiger partial charge >= 0.3 is 0 Å². The Kier molecular flexibility index (Phi) is 4.91. The maximum Gasteiger partial charge on any atom is 0.225 e. The standard InChI is InChI=1S/C22H24N4O3/c27-21-13-18(17-5-6-20-19(14-23-25-20)22(17)24-21)15-1-3-16(4-2-15)29-12-9-26-7-10-28-11-8-26/h1-6,14,18H,7-13H2,(H,23,25)(H,24,27). The first-order valence-corrected chi connectivity index (χ1v) is 10.1. The molecule has 7 heteroatoms. The second kappa shape index (κ2) is 7.85. The number of nitrogens with one attached hydrogen (secondary N) is 2. The predicted octanol–water partition coefficient (Wildman–Crippen LogP) is 2.75. The van der Waals surface area contributed by atoms with Crippen molar-refractivity contribution < 1.29 is 14.3 Å². The van der Waals surface area contributed by atoms with E-state index in [1.807, 2.05) is 18.2 Å². The molecule has 0 radical (unpaired) electrons. The maximum atomic E-state index is 12.4. The number of rotatable bonds is 5. The van der Waals surface area contributed by atoms with Crippen LogP contribution in [-0.4, -0.2) is 60.5 Å². The summed E-state index contributed by atoms with van der Waals surface area (Å²) in [6, 6.07) is 12.2. The minimum Gasteiger partial charge on any atom is -0.492 e. The van der Waals surface area contributed by atoms with Crippen molar-refractivity contribution in [2.45, 2.75) is 12.3 Å². The Morgan fingerprint density at radius 2 is 1.97 bits per heavy atom. The molecule has 2 aliphatic rings. The van der Waals surface area contributed by atoms with Crippen molar-refractivity contribution in [3.63, 3.8) is 0 Å². The predicted molar refractivity (Wildman–Crippen MR) is 110 cm³/mol. The third-order valence-electron chi connectivity index (χ3n) is 5.75. The molecule has 2 aliphatic heterocycles. The zero-order valence-electron chi connectivity index (χ0n) is 16.2. The van der Waals surface area contributed by atoms with Crippen LogP contribution in [-0.2, 0) is 9.53 Å². The van der Waals surface area contributed by atoms with Crippen LogP contribution < -0.4 is 10.1 Å². The lowest BCUT2D eigenvalue weighted by atomic mass is 9.84. The Morgan fingerprint density at radius 1 is 1.14 bits per heavy atom. The van der Waals surface area contributed by atoms with E-state index < -0.39 is 0 Å². The number of nitrogens with zero attached hydrogens (tertiary/aromatic N) is 2. The van der Waals surface area contributed by atoms with Gasteiger partial charge in [0.25, 0.3) is 0 Å². The number of carbonyl (C=O) groups excluding carboxylic acids is 1. The van der Waals surface area contributed by atoms with Gasteiger partial charge in [0.05, 0.1) is 30.6 Å². The van der Waals surface area contributed by atoms with Gasteiger partial charge in [-0.3, -0.25) is 14.8 Å². The SMILES string of the molecule is O=C1CC(c2ccc(OCCN3CCOCC3)cc2)c2ccc3[nH]ncc3c2N1. The van der Waals surface area contributed by atoms with Gasteiger partial charge in [0.1, 0.15) is 12.4 Å². The molecule has 150 valence electrons. The summed E-state index contributed by atoms with van der Waals surface area (Å²) in [5, 5.41) is 11.0. The fraction of sp³-hybridized carbons (Fsp3) is 0.364. The summed E-state index contributed by atoms with van der Waals surface area (Å²) >= 11 is 0. The number of hydrogen-bond acceptors (Lipinski definition) is 5. The molecule has 1 atom stereocenters. The van der Waals surface area contributed by atoms with E-state index in [1.165, 1.54) is 0 Å². The van der Waals surface area contributed by atoms with Gasteiger partial charge in [-0.05, 0) is 29.3 Å². The van der Waals surface area contributed by atoms with Crippen molar-refractivity contribution in [3.8, 4) is 5.75 Å². The van der Waals surface area contributed by atoms with Crippen molar-refractivity contribution in [2.75, 3.05) is 44.8 Å². The lowest BCUT2D eigenvalue weighted by molar-refractivity contribution is -0.116. The highest BCUT2D eigenvalue weighted by atomic mass is 16.5. The number of aromatic nitrogens is 2. The first kappa shape index (κ1) is 18.1. The number of H-pyrrole nitrogens is 1. The average Bonchev–Trinajstić information content (AvgIpc) is 3.24. The molecule has 5 rings (SSSR count). The van der Waals surface area contributed by atoms with Crippen molar-refractivity contribution in [1.82, 2.24) is 15.1 Å². The number of anilines is 1. The number of hydrogen-bond donors (Lipinski definition) is 2. The van der Waals surface area contributed by atoms with Gasteiger partial charge in [-0.15, -0.1) is 0 Å². The van der Waals surface area contributed by atoms with Gasteiger partial charge in [0, 0.05) is 37.4 Å². The van der Waals surface area contributed by atoms with Gasteiger partial charge in [-0.2, -0.15) is 5.10 Å². The van der Waals surface area contributed by atoms with E-state index >= 15 is 0 Å². The van der Waals surface area contributed by atoms with Crippen molar-refractivity contribution in [3.05, 3.63) is 53.7 Å². The molecule has 0 spiro atoms. The smallest absolute Gasteiger partial charge is 0.225 e. The fourth-order valence-electron chi connectivity index (χ4n) is 4.16. The van der Waals surface area contributed by atoms with Crippen LogP contribution in [0.5, 0.6) is 5.75 Å². The Morgan fingerprint density at radius 3 is 2.79 bits per heavy atom. The quantitative estimate of drug-likeness (QED) is 0.698. The van der Waals surface area contributed by atoms with Crippen molar-refractivity contribution in [2.24, 2.45) is 0 Å². The summed E-state index contributed by atoms with van der Waals surface area (Å²) in [6.07, 6.45) is 2.20. The molecule has 2 N–H and O–H groups in total. The Labute approximate surface area is 169 Å². The molecule has 3 heterocycles.